The van der Waals surface area contributed by atoms with Crippen LogP contribution in [-0.2, 0) is 12.8 Å². The van der Waals surface area contributed by atoms with Crippen LogP contribution < -0.4 is 14.2 Å². The number of pyridine rings is 1. The molecule has 0 spiro atoms. The molecule has 1 saturated carbocycles. The lowest BCUT2D eigenvalue weighted by molar-refractivity contribution is 0.222. The molecule has 1 fully saturated rings. The molecule has 2 aliphatic rings. The SMILES string of the molecule is COc1ccc2c(n1)c1c(c3cc(OC)c(OC)cc32)CC2CCCCC2C1. The zero-order valence-electron chi connectivity index (χ0n) is 16.9. The fraction of sp³-hybridized carbons (Fsp3) is 0.458. The number of fused-ring (bicyclic) bond motifs is 7. The Balaban J connectivity index is 1.85. The Kier molecular flexibility index (Phi) is 4.30. The number of nitrogens with zero attached hydrogens (tertiary/aromatic N) is 1. The molecule has 0 bridgehead atoms. The molecule has 3 aromatic rings. The minimum atomic E-state index is 0.681. The topological polar surface area (TPSA) is 40.6 Å². The maximum absolute atomic E-state index is 5.63. The Bertz CT molecular complexity index is 1060. The number of ether oxygens (including phenoxy) is 3. The average Bonchev–Trinajstić information content (AvgIpc) is 2.76. The second-order valence-electron chi connectivity index (χ2n) is 8.17. The van der Waals surface area contributed by atoms with Gasteiger partial charge in [-0.15, -0.1) is 0 Å². The number of methoxy groups -OCH3 is 3. The molecule has 0 saturated heterocycles. The molecule has 0 aliphatic heterocycles. The van der Waals surface area contributed by atoms with Gasteiger partial charge < -0.3 is 14.2 Å². The third kappa shape index (κ3) is 2.61. The van der Waals surface area contributed by atoms with Gasteiger partial charge in [-0.25, -0.2) is 4.98 Å². The zero-order valence-corrected chi connectivity index (χ0v) is 16.9. The largest absolute Gasteiger partial charge is 0.493 e. The quantitative estimate of drug-likeness (QED) is 0.579. The van der Waals surface area contributed by atoms with E-state index in [-0.39, 0.29) is 0 Å². The van der Waals surface area contributed by atoms with Crippen LogP contribution in [0.4, 0.5) is 0 Å². The normalized spacial score (nSPS) is 21.2. The van der Waals surface area contributed by atoms with E-state index in [9.17, 15) is 0 Å². The summed E-state index contributed by atoms with van der Waals surface area (Å²) in [6.07, 6.45) is 7.69. The predicted molar refractivity (Wildman–Crippen MR) is 112 cm³/mol. The van der Waals surface area contributed by atoms with Crippen LogP contribution in [-0.4, -0.2) is 26.3 Å². The van der Waals surface area contributed by atoms with Gasteiger partial charge in [-0.3, -0.25) is 0 Å². The van der Waals surface area contributed by atoms with E-state index in [0.29, 0.717) is 5.88 Å². The summed E-state index contributed by atoms with van der Waals surface area (Å²) in [5.41, 5.74) is 3.96. The summed E-state index contributed by atoms with van der Waals surface area (Å²) < 4.78 is 16.7. The summed E-state index contributed by atoms with van der Waals surface area (Å²) in [4.78, 5) is 4.90. The number of hydrogen-bond donors (Lipinski definition) is 0. The minimum Gasteiger partial charge on any atom is -0.493 e. The van der Waals surface area contributed by atoms with Crippen LogP contribution in [0.5, 0.6) is 17.4 Å². The molecule has 5 rings (SSSR count). The van der Waals surface area contributed by atoms with E-state index in [1.165, 1.54) is 53.0 Å². The molecule has 0 amide bonds. The van der Waals surface area contributed by atoms with Gasteiger partial charge in [-0.2, -0.15) is 0 Å². The molecule has 2 aliphatic carbocycles. The van der Waals surface area contributed by atoms with Crippen molar-refractivity contribution < 1.29 is 14.2 Å². The lowest BCUT2D eigenvalue weighted by atomic mass is 9.67. The van der Waals surface area contributed by atoms with Crippen molar-refractivity contribution in [1.29, 1.82) is 0 Å². The summed E-state index contributed by atoms with van der Waals surface area (Å²) in [6.45, 7) is 0. The highest BCUT2D eigenvalue weighted by Crippen LogP contribution is 2.46. The fourth-order valence-electron chi connectivity index (χ4n) is 5.46. The summed E-state index contributed by atoms with van der Waals surface area (Å²) in [5.74, 6) is 3.82. The maximum Gasteiger partial charge on any atom is 0.213 e. The molecule has 0 N–H and O–H groups in total. The van der Waals surface area contributed by atoms with Gasteiger partial charge in [-0.05, 0) is 77.6 Å². The lowest BCUT2D eigenvalue weighted by Crippen LogP contribution is -2.28. The van der Waals surface area contributed by atoms with Crippen LogP contribution in [0.1, 0.15) is 36.8 Å². The lowest BCUT2D eigenvalue weighted by Gasteiger charge is -2.37. The van der Waals surface area contributed by atoms with Crippen molar-refractivity contribution in [2.24, 2.45) is 11.8 Å². The third-order valence-electron chi connectivity index (χ3n) is 6.87. The third-order valence-corrected chi connectivity index (χ3v) is 6.87. The van der Waals surface area contributed by atoms with Crippen LogP contribution in [0.2, 0.25) is 0 Å². The molecule has 1 heterocycles. The van der Waals surface area contributed by atoms with Gasteiger partial charge in [-0.1, -0.05) is 12.8 Å². The molecule has 0 radical (unpaired) electrons. The Morgan fingerprint density at radius 3 is 2.04 bits per heavy atom. The van der Waals surface area contributed by atoms with Crippen LogP contribution in [0.25, 0.3) is 21.7 Å². The standard InChI is InChI=1S/C24H27NO3/c1-26-21-12-18-16-8-9-23(28-3)25-24(16)20-11-15-7-5-4-6-14(15)10-17(20)19(18)13-22(21)27-2/h8-9,12-15H,4-7,10-11H2,1-3H3. The van der Waals surface area contributed by atoms with Crippen molar-refractivity contribution in [2.45, 2.75) is 38.5 Å². The Labute approximate surface area is 165 Å². The zero-order chi connectivity index (χ0) is 19.3. The Morgan fingerprint density at radius 2 is 1.39 bits per heavy atom. The Morgan fingerprint density at radius 1 is 0.750 bits per heavy atom. The second-order valence-corrected chi connectivity index (χ2v) is 8.17. The molecule has 146 valence electrons. The summed E-state index contributed by atoms with van der Waals surface area (Å²) in [5, 5.41) is 3.65. The van der Waals surface area contributed by atoms with Gasteiger partial charge in [0, 0.05) is 11.5 Å². The monoisotopic (exact) mass is 377 g/mol. The molecule has 2 unspecified atom stereocenters. The van der Waals surface area contributed by atoms with Crippen LogP contribution >= 0.6 is 0 Å². The van der Waals surface area contributed by atoms with Gasteiger partial charge in [0.05, 0.1) is 26.8 Å². The Hall–Kier alpha value is -2.49. The predicted octanol–water partition coefficient (Wildman–Crippen LogP) is 5.32. The highest BCUT2D eigenvalue weighted by molar-refractivity contribution is 6.10. The van der Waals surface area contributed by atoms with Crippen molar-refractivity contribution in [3.8, 4) is 17.4 Å². The molecule has 4 heteroatoms. The molecule has 2 atom stereocenters. The smallest absolute Gasteiger partial charge is 0.213 e. The molecular formula is C24H27NO3. The van der Waals surface area contributed by atoms with Crippen molar-refractivity contribution in [2.75, 3.05) is 21.3 Å². The van der Waals surface area contributed by atoms with E-state index < -0.39 is 0 Å². The second kappa shape index (κ2) is 6.84. The van der Waals surface area contributed by atoms with E-state index in [2.05, 4.69) is 18.2 Å². The maximum atomic E-state index is 5.63. The molecule has 28 heavy (non-hydrogen) atoms. The van der Waals surface area contributed by atoms with Crippen molar-refractivity contribution in [1.82, 2.24) is 4.98 Å². The first-order chi connectivity index (χ1) is 13.7. The molecular weight excluding hydrogens is 350 g/mol. The van der Waals surface area contributed by atoms with Crippen LogP contribution in [0, 0.1) is 11.8 Å². The first kappa shape index (κ1) is 17.6. The van der Waals surface area contributed by atoms with Gasteiger partial charge in [0.2, 0.25) is 5.88 Å². The summed E-state index contributed by atoms with van der Waals surface area (Å²) in [7, 11) is 5.09. The van der Waals surface area contributed by atoms with E-state index in [1.807, 2.05) is 6.07 Å². The van der Waals surface area contributed by atoms with E-state index in [1.54, 1.807) is 21.3 Å². The first-order valence-electron chi connectivity index (χ1n) is 10.3. The minimum absolute atomic E-state index is 0.681. The van der Waals surface area contributed by atoms with Gasteiger partial charge in [0.25, 0.3) is 0 Å². The number of rotatable bonds is 3. The van der Waals surface area contributed by atoms with Crippen molar-refractivity contribution >= 4 is 21.7 Å². The summed E-state index contributed by atoms with van der Waals surface area (Å²) >= 11 is 0. The number of benzene rings is 2. The van der Waals surface area contributed by atoms with Crippen molar-refractivity contribution in [3.63, 3.8) is 0 Å². The average molecular weight is 377 g/mol. The number of hydrogen-bond acceptors (Lipinski definition) is 4. The summed E-state index contributed by atoms with van der Waals surface area (Å²) in [6, 6.07) is 8.37. The highest BCUT2D eigenvalue weighted by atomic mass is 16.5. The van der Waals surface area contributed by atoms with Crippen molar-refractivity contribution in [3.05, 3.63) is 35.4 Å². The van der Waals surface area contributed by atoms with Crippen LogP contribution in [0.15, 0.2) is 24.3 Å². The first-order valence-corrected chi connectivity index (χ1v) is 10.3. The highest BCUT2D eigenvalue weighted by Gasteiger charge is 2.33. The van der Waals surface area contributed by atoms with E-state index >= 15 is 0 Å². The van der Waals surface area contributed by atoms with Crippen LogP contribution in [0.3, 0.4) is 0 Å². The van der Waals surface area contributed by atoms with E-state index in [0.717, 1.165) is 41.7 Å². The molecule has 4 nitrogen and oxygen atoms in total. The van der Waals surface area contributed by atoms with E-state index in [4.69, 9.17) is 19.2 Å². The molecule has 1 aromatic heterocycles. The van der Waals surface area contributed by atoms with Gasteiger partial charge >= 0.3 is 0 Å². The fourth-order valence-corrected chi connectivity index (χ4v) is 5.46. The number of aromatic nitrogens is 1. The molecule has 2 aromatic carbocycles. The van der Waals surface area contributed by atoms with Gasteiger partial charge in [0.15, 0.2) is 11.5 Å². The van der Waals surface area contributed by atoms with Gasteiger partial charge in [0.1, 0.15) is 0 Å².